The van der Waals surface area contributed by atoms with Gasteiger partial charge in [0, 0.05) is 18.7 Å². The molecule has 0 aromatic heterocycles. The molecule has 1 aromatic carbocycles. The molecule has 6 nitrogen and oxygen atoms in total. The van der Waals surface area contributed by atoms with Crippen LogP contribution in [0.4, 0.5) is 5.69 Å². The lowest BCUT2D eigenvalue weighted by atomic mass is 10.0. The molecule has 1 atom stereocenters. The molecule has 0 saturated carbocycles. The smallest absolute Gasteiger partial charge is 0.240 e. The molecule has 126 valence electrons. The lowest BCUT2D eigenvalue weighted by Gasteiger charge is -2.18. The van der Waals surface area contributed by atoms with Crippen LogP contribution in [0, 0.1) is 5.92 Å². The highest BCUT2D eigenvalue weighted by Gasteiger charge is 2.27. The van der Waals surface area contributed by atoms with E-state index in [2.05, 4.69) is 10.0 Å². The number of anilines is 1. The number of amides is 1. The Morgan fingerprint density at radius 1 is 1.43 bits per heavy atom. The Bertz CT molecular complexity index is 697. The fourth-order valence-corrected chi connectivity index (χ4v) is 4.13. The van der Waals surface area contributed by atoms with Gasteiger partial charge in [0.1, 0.15) is 0 Å². The predicted molar refractivity (Wildman–Crippen MR) is 89.0 cm³/mol. The summed E-state index contributed by atoms with van der Waals surface area (Å²) in [6.07, 6.45) is 3.33. The van der Waals surface area contributed by atoms with Crippen molar-refractivity contribution in [3.63, 3.8) is 0 Å². The van der Waals surface area contributed by atoms with Crippen LogP contribution in [0.1, 0.15) is 24.8 Å². The third kappa shape index (κ3) is 3.41. The number of rotatable bonds is 5. The number of hydrogen-bond acceptors (Lipinski definition) is 4. The van der Waals surface area contributed by atoms with E-state index < -0.39 is 10.0 Å². The van der Waals surface area contributed by atoms with Gasteiger partial charge in [0.2, 0.25) is 15.9 Å². The Labute approximate surface area is 137 Å². The van der Waals surface area contributed by atoms with E-state index in [1.165, 1.54) is 7.05 Å². The van der Waals surface area contributed by atoms with Gasteiger partial charge in [-0.05, 0) is 69.1 Å². The van der Waals surface area contributed by atoms with Crippen molar-refractivity contribution < 1.29 is 13.2 Å². The van der Waals surface area contributed by atoms with Crippen LogP contribution >= 0.6 is 0 Å². The first-order valence-electron chi connectivity index (χ1n) is 8.09. The summed E-state index contributed by atoms with van der Waals surface area (Å²) in [5.74, 6) is 0.740. The SMILES string of the molecule is CNS(=O)(=O)c1ccc2c(c1)CCN2C(=O)CCC1CCNC1. The number of fused-ring (bicyclic) bond motifs is 1. The van der Waals surface area contributed by atoms with Crippen molar-refractivity contribution in [3.05, 3.63) is 23.8 Å². The second kappa shape index (κ2) is 6.59. The summed E-state index contributed by atoms with van der Waals surface area (Å²) in [6.45, 7) is 2.70. The zero-order valence-electron chi connectivity index (χ0n) is 13.3. The van der Waals surface area contributed by atoms with Crippen LogP contribution in [0.3, 0.4) is 0 Å². The summed E-state index contributed by atoms with van der Waals surface area (Å²) >= 11 is 0. The molecule has 0 radical (unpaired) electrons. The van der Waals surface area contributed by atoms with Gasteiger partial charge in [-0.1, -0.05) is 0 Å². The van der Waals surface area contributed by atoms with E-state index in [-0.39, 0.29) is 10.8 Å². The molecule has 7 heteroatoms. The fourth-order valence-electron chi connectivity index (χ4n) is 3.35. The quantitative estimate of drug-likeness (QED) is 0.836. The van der Waals surface area contributed by atoms with Crippen LogP contribution < -0.4 is 14.9 Å². The third-order valence-electron chi connectivity index (χ3n) is 4.76. The van der Waals surface area contributed by atoms with Crippen molar-refractivity contribution in [2.75, 3.05) is 31.6 Å². The van der Waals surface area contributed by atoms with Gasteiger partial charge in [0.15, 0.2) is 0 Å². The van der Waals surface area contributed by atoms with E-state index in [1.807, 2.05) is 0 Å². The molecule has 23 heavy (non-hydrogen) atoms. The van der Waals surface area contributed by atoms with E-state index in [9.17, 15) is 13.2 Å². The standard InChI is InChI=1S/C16H23N3O3S/c1-17-23(21,22)14-3-4-15-13(10-14)7-9-19(15)16(20)5-2-12-6-8-18-11-12/h3-4,10,12,17-18H,2,5-9,11H2,1H3. The summed E-state index contributed by atoms with van der Waals surface area (Å²) < 4.78 is 26.1. The summed E-state index contributed by atoms with van der Waals surface area (Å²) in [5.41, 5.74) is 1.78. The first-order valence-corrected chi connectivity index (χ1v) is 9.57. The molecule has 1 aromatic rings. The van der Waals surface area contributed by atoms with Crippen LogP contribution in [0.5, 0.6) is 0 Å². The van der Waals surface area contributed by atoms with Crippen molar-refractivity contribution in [2.45, 2.75) is 30.6 Å². The normalized spacial score (nSPS) is 20.7. The second-order valence-corrected chi connectivity index (χ2v) is 8.08. The van der Waals surface area contributed by atoms with E-state index in [1.54, 1.807) is 23.1 Å². The van der Waals surface area contributed by atoms with Crippen molar-refractivity contribution in [1.29, 1.82) is 0 Å². The molecular weight excluding hydrogens is 314 g/mol. The minimum absolute atomic E-state index is 0.139. The highest BCUT2D eigenvalue weighted by atomic mass is 32.2. The van der Waals surface area contributed by atoms with Crippen LogP contribution in [0.25, 0.3) is 0 Å². The van der Waals surface area contributed by atoms with Gasteiger partial charge in [-0.15, -0.1) is 0 Å². The van der Waals surface area contributed by atoms with Crippen molar-refractivity contribution in [3.8, 4) is 0 Å². The predicted octanol–water partition coefficient (Wildman–Crippen LogP) is 0.873. The Kier molecular flexibility index (Phi) is 4.70. The fraction of sp³-hybridized carbons (Fsp3) is 0.562. The van der Waals surface area contributed by atoms with Gasteiger partial charge in [-0.2, -0.15) is 0 Å². The summed E-state index contributed by atoms with van der Waals surface area (Å²) in [6, 6.07) is 4.99. The minimum Gasteiger partial charge on any atom is -0.316 e. The molecule has 1 fully saturated rings. The highest BCUT2D eigenvalue weighted by Crippen LogP contribution is 2.31. The number of hydrogen-bond donors (Lipinski definition) is 2. The lowest BCUT2D eigenvalue weighted by Crippen LogP contribution is -2.29. The molecule has 1 unspecified atom stereocenters. The number of carbonyl (C=O) groups excluding carboxylic acids is 1. The Balaban J connectivity index is 1.70. The summed E-state index contributed by atoms with van der Waals surface area (Å²) in [4.78, 5) is 14.5. The van der Waals surface area contributed by atoms with Crippen molar-refractivity contribution >= 4 is 21.6 Å². The highest BCUT2D eigenvalue weighted by molar-refractivity contribution is 7.89. The number of nitrogens with zero attached hydrogens (tertiary/aromatic N) is 1. The average molecular weight is 337 g/mol. The molecule has 2 N–H and O–H groups in total. The minimum atomic E-state index is -3.44. The van der Waals surface area contributed by atoms with Gasteiger partial charge in [-0.25, -0.2) is 13.1 Å². The number of nitrogens with one attached hydrogen (secondary N) is 2. The van der Waals surface area contributed by atoms with Gasteiger partial charge < -0.3 is 10.2 Å². The molecule has 2 aliphatic heterocycles. The molecular formula is C16H23N3O3S. The maximum absolute atomic E-state index is 12.5. The number of benzene rings is 1. The van der Waals surface area contributed by atoms with Gasteiger partial charge in [0.25, 0.3) is 0 Å². The molecule has 3 rings (SSSR count). The van der Waals surface area contributed by atoms with Gasteiger partial charge in [0.05, 0.1) is 4.90 Å². The van der Waals surface area contributed by atoms with Crippen molar-refractivity contribution in [1.82, 2.24) is 10.0 Å². The zero-order chi connectivity index (χ0) is 16.4. The van der Waals surface area contributed by atoms with Crippen LogP contribution in [-0.2, 0) is 21.2 Å². The zero-order valence-corrected chi connectivity index (χ0v) is 14.2. The molecule has 0 spiro atoms. The molecule has 0 aliphatic carbocycles. The monoisotopic (exact) mass is 337 g/mol. The first-order chi connectivity index (χ1) is 11.0. The Morgan fingerprint density at radius 2 is 2.26 bits per heavy atom. The molecule has 1 amide bonds. The molecule has 0 bridgehead atoms. The molecule has 2 aliphatic rings. The number of carbonyl (C=O) groups is 1. The number of sulfonamides is 1. The van der Waals surface area contributed by atoms with Crippen LogP contribution in [0.15, 0.2) is 23.1 Å². The largest absolute Gasteiger partial charge is 0.316 e. The van der Waals surface area contributed by atoms with Gasteiger partial charge in [-0.3, -0.25) is 4.79 Å². The summed E-state index contributed by atoms with van der Waals surface area (Å²) in [7, 11) is -2.04. The van der Waals surface area contributed by atoms with E-state index in [4.69, 9.17) is 0 Å². The second-order valence-electron chi connectivity index (χ2n) is 6.19. The molecule has 1 saturated heterocycles. The average Bonchev–Trinajstić information content (AvgIpc) is 3.21. The topological polar surface area (TPSA) is 78.5 Å². The van der Waals surface area contributed by atoms with Gasteiger partial charge >= 0.3 is 0 Å². The van der Waals surface area contributed by atoms with Crippen LogP contribution in [0.2, 0.25) is 0 Å². The third-order valence-corrected chi connectivity index (χ3v) is 6.17. The van der Waals surface area contributed by atoms with E-state index >= 15 is 0 Å². The first kappa shape index (κ1) is 16.4. The van der Waals surface area contributed by atoms with E-state index in [0.717, 1.165) is 37.2 Å². The Morgan fingerprint density at radius 3 is 2.96 bits per heavy atom. The molecule has 2 heterocycles. The summed E-state index contributed by atoms with van der Waals surface area (Å²) in [5, 5.41) is 3.32. The maximum atomic E-state index is 12.5. The van der Waals surface area contributed by atoms with E-state index in [0.29, 0.717) is 25.3 Å². The van der Waals surface area contributed by atoms with Crippen LogP contribution in [-0.4, -0.2) is 41.0 Å². The maximum Gasteiger partial charge on any atom is 0.240 e. The van der Waals surface area contributed by atoms with Crippen molar-refractivity contribution in [2.24, 2.45) is 5.92 Å². The Hall–Kier alpha value is -1.44. The lowest BCUT2D eigenvalue weighted by molar-refractivity contribution is -0.118.